The van der Waals surface area contributed by atoms with Crippen LogP contribution in [0.2, 0.25) is 0 Å². The largest absolute Gasteiger partial charge is 1.00 e. The molecular weight excluding hydrogens is 562 g/mol. The van der Waals surface area contributed by atoms with E-state index in [1.54, 1.807) is 0 Å². The molecule has 0 saturated heterocycles. The van der Waals surface area contributed by atoms with Crippen molar-refractivity contribution in [2.75, 3.05) is 13.7 Å². The van der Waals surface area contributed by atoms with Crippen molar-refractivity contribution in [3.63, 3.8) is 0 Å². The van der Waals surface area contributed by atoms with Crippen LogP contribution < -0.4 is 70.9 Å². The number of hydrogen-bond acceptors (Lipinski definition) is 4. The number of amides is 2. The van der Waals surface area contributed by atoms with Gasteiger partial charge in [0.2, 0.25) is 12.1 Å². The van der Waals surface area contributed by atoms with E-state index in [-0.39, 0.29) is 67.5 Å². The van der Waals surface area contributed by atoms with E-state index in [2.05, 4.69) is 11.8 Å². The van der Waals surface area contributed by atoms with Gasteiger partial charge in [-0.25, -0.2) is 19.3 Å². The molecule has 4 atom stereocenters. The Balaban J connectivity index is 0.00000324. The molecule has 2 aliphatic rings. The van der Waals surface area contributed by atoms with E-state index in [0.717, 1.165) is 41.9 Å². The first kappa shape index (κ1) is 35.2. The van der Waals surface area contributed by atoms with Crippen molar-refractivity contribution in [3.8, 4) is 0 Å². The monoisotopic (exact) mass is 594 g/mol. The zero-order valence-corrected chi connectivity index (χ0v) is 23.6. The van der Waals surface area contributed by atoms with Crippen LogP contribution in [0.1, 0.15) is 30.4 Å². The molecule has 0 spiro atoms. The quantitative estimate of drug-likeness (QED) is 0.137. The Morgan fingerprint density at radius 2 is 1.65 bits per heavy atom. The number of rotatable bonds is 8. The predicted octanol–water partition coefficient (Wildman–Crippen LogP) is -14.5. The molecule has 206 valence electrons. The first-order valence-electron chi connectivity index (χ1n) is 11.7. The highest BCUT2D eigenvalue weighted by atomic mass is 35.5. The maximum absolute atomic E-state index is 13.7. The number of fused-ring (bicyclic) bond motifs is 2. The lowest BCUT2D eigenvalue weighted by Gasteiger charge is -2.20. The van der Waals surface area contributed by atoms with E-state index in [9.17, 15) is 14.4 Å². The molecule has 0 aliphatic carbocycles. The molecule has 8 nitrogen and oxygen atoms in total. The molecule has 2 aliphatic heterocycles. The van der Waals surface area contributed by atoms with Gasteiger partial charge in [0.25, 0.3) is 0 Å². The molecule has 2 aromatic rings. The van der Waals surface area contributed by atoms with Gasteiger partial charge in [-0.15, -0.1) is 0 Å². The average molecular weight is 596 g/mol. The Labute approximate surface area is 242 Å². The summed E-state index contributed by atoms with van der Waals surface area (Å²) >= 11 is 0. The van der Waals surface area contributed by atoms with Crippen LogP contribution in [0.3, 0.4) is 0 Å². The summed E-state index contributed by atoms with van der Waals surface area (Å²) in [5.74, 6) is -0.569. The van der Waals surface area contributed by atoms with Crippen LogP contribution in [0.5, 0.6) is 0 Å². The summed E-state index contributed by atoms with van der Waals surface area (Å²) in [7, 11) is 1.34. The number of methoxy groups -OCH3 is 1. The molecule has 37 heavy (non-hydrogen) atoms. The molecule has 1 unspecified atom stereocenters. The minimum atomic E-state index is -0.601. The van der Waals surface area contributed by atoms with Crippen molar-refractivity contribution in [1.29, 1.82) is 0 Å². The zero-order chi connectivity index (χ0) is 23.4. The predicted molar refractivity (Wildman–Crippen MR) is 119 cm³/mol. The van der Waals surface area contributed by atoms with Gasteiger partial charge in [-0.2, -0.15) is 0 Å². The summed E-state index contributed by atoms with van der Waals surface area (Å²) in [4.78, 5) is 40.1. The fourth-order valence-corrected chi connectivity index (χ4v) is 5.06. The highest BCUT2D eigenvalue weighted by Gasteiger charge is 2.51. The van der Waals surface area contributed by atoms with E-state index in [0.29, 0.717) is 24.2 Å². The summed E-state index contributed by atoms with van der Waals surface area (Å²) in [6, 6.07) is 14.4. The Morgan fingerprint density at radius 3 is 2.30 bits per heavy atom. The van der Waals surface area contributed by atoms with Crippen molar-refractivity contribution in [2.45, 2.75) is 50.2 Å². The molecule has 8 N–H and O–H groups in total. The Bertz CT molecular complexity index is 1030. The number of nitrogens with two attached hydrogens (primary N) is 2. The number of hydrogen-bond donors (Lipinski definition) is 4. The first-order valence-corrected chi connectivity index (χ1v) is 11.7. The molecule has 2 aromatic carbocycles. The fourth-order valence-electron chi connectivity index (χ4n) is 5.06. The van der Waals surface area contributed by atoms with Gasteiger partial charge in [-0.3, -0.25) is 10.6 Å². The molecule has 2 amide bonds. The first-order chi connectivity index (χ1) is 16.0. The summed E-state index contributed by atoms with van der Waals surface area (Å²) in [5, 5.41) is 3.51. The second kappa shape index (κ2) is 16.3. The van der Waals surface area contributed by atoms with Crippen LogP contribution >= 0.6 is 0 Å². The second-order valence-electron chi connectivity index (χ2n) is 8.92. The summed E-state index contributed by atoms with van der Waals surface area (Å²) < 4.78 is 4.94. The second-order valence-corrected chi connectivity index (χ2v) is 8.92. The van der Waals surface area contributed by atoms with E-state index in [1.165, 1.54) is 12.4 Å². The van der Waals surface area contributed by atoms with Gasteiger partial charge in [0.15, 0.2) is 6.04 Å². The normalized spacial score (nSPS) is 19.5. The van der Waals surface area contributed by atoms with Crippen molar-refractivity contribution >= 4 is 29.2 Å². The van der Waals surface area contributed by atoms with Crippen LogP contribution in [0.4, 0.5) is 11.4 Å². The van der Waals surface area contributed by atoms with E-state index >= 15 is 0 Å². The van der Waals surface area contributed by atoms with Crippen molar-refractivity contribution in [1.82, 2.24) is 0 Å². The number of nitrogens with one attached hydrogen (secondary N) is 1. The Hall–Kier alpha value is -1.75. The maximum Gasteiger partial charge on any atom is 0.376 e. The molecule has 12 heteroatoms. The number of esters is 1. The molecule has 0 fully saturated rings. The number of carbonyl (C=O) groups excluding carboxylic acids is 3. The summed E-state index contributed by atoms with van der Waals surface area (Å²) in [5.41, 5.74) is 7.97. The van der Waals surface area contributed by atoms with Crippen molar-refractivity contribution < 1.29 is 90.0 Å². The van der Waals surface area contributed by atoms with Crippen LogP contribution in [-0.2, 0) is 32.0 Å². The third-order valence-electron chi connectivity index (χ3n) is 6.79. The number of halogens is 4. The van der Waals surface area contributed by atoms with E-state index < -0.39 is 18.1 Å². The summed E-state index contributed by atoms with van der Waals surface area (Å²) in [6.07, 6.45) is 3.36. The maximum atomic E-state index is 13.7. The smallest absolute Gasteiger partial charge is 0.376 e. The van der Waals surface area contributed by atoms with Gasteiger partial charge in [0.1, 0.15) is 11.4 Å². The van der Waals surface area contributed by atoms with Gasteiger partial charge in [-0.1, -0.05) is 36.4 Å². The average Bonchev–Trinajstić information content (AvgIpc) is 3.44. The van der Waals surface area contributed by atoms with Crippen LogP contribution in [-0.4, -0.2) is 49.6 Å². The highest BCUT2D eigenvalue weighted by Crippen LogP contribution is 2.21. The van der Waals surface area contributed by atoms with Gasteiger partial charge in [0, 0.05) is 30.4 Å². The van der Waals surface area contributed by atoms with Crippen molar-refractivity contribution in [3.05, 3.63) is 59.7 Å². The number of primary amides is 1. The SMILES string of the molecule is COC(=O)[C@H](CCCC[NH3+])[NH2+]C(=O)[C@@H]1Cc2ccccc2[NH+]1C(=O)[C@@H]1Cc2ccccc2[NH2+]1.[Cl-].[Cl-].[Cl-].[Cl-]. The number of unbranched alkanes of at least 4 members (excludes halogenated alkanes) is 1. The van der Waals surface area contributed by atoms with Gasteiger partial charge in [0.05, 0.1) is 13.7 Å². The van der Waals surface area contributed by atoms with Crippen LogP contribution in [0.15, 0.2) is 48.5 Å². The van der Waals surface area contributed by atoms with Crippen molar-refractivity contribution in [2.24, 2.45) is 0 Å². The minimum Gasteiger partial charge on any atom is -1.00 e. The Kier molecular flexibility index (Phi) is 15.5. The Morgan fingerprint density at radius 1 is 1.00 bits per heavy atom. The van der Waals surface area contributed by atoms with E-state index in [4.69, 9.17) is 4.74 Å². The number of para-hydroxylation sites is 2. The molecular formula is C25H34Cl4N4O4. The van der Waals surface area contributed by atoms with Gasteiger partial charge >= 0.3 is 17.8 Å². The van der Waals surface area contributed by atoms with Gasteiger partial charge < -0.3 is 60.1 Å². The number of quaternary nitrogens is 4. The van der Waals surface area contributed by atoms with Crippen LogP contribution in [0, 0.1) is 0 Å². The number of ether oxygens (including phenoxy) is 1. The third kappa shape index (κ3) is 7.88. The zero-order valence-electron chi connectivity index (χ0n) is 20.6. The third-order valence-corrected chi connectivity index (χ3v) is 6.79. The highest BCUT2D eigenvalue weighted by molar-refractivity contribution is 5.83. The lowest BCUT2D eigenvalue weighted by atomic mass is 10.1. The van der Waals surface area contributed by atoms with Gasteiger partial charge in [-0.05, 0) is 25.0 Å². The molecule has 0 aromatic heterocycles. The molecule has 4 rings (SSSR count). The molecule has 2 heterocycles. The lowest BCUT2D eigenvalue weighted by molar-refractivity contribution is -0.786. The molecule has 0 radical (unpaired) electrons. The topological polar surface area (TPSA) is 126 Å². The van der Waals surface area contributed by atoms with E-state index in [1.807, 2.05) is 47.8 Å². The standard InChI is InChI=1S/C25H30N4O4.4ClH/c1-33-25(32)19(11-6-7-13-26)28-23(30)22-15-17-9-3-5-12-21(17)29(22)24(31)20-14-16-8-2-4-10-18(16)27-20;;;;/h2-5,8-10,12,19-20,22,27H,6-7,11,13-15,26H2,1H3,(H,28,30);4*1H/t19-,20-,22-;;;;/m0..../s1. The molecule has 0 bridgehead atoms. The number of carbonyl (C=O) groups is 3. The number of benzene rings is 2. The van der Waals surface area contributed by atoms with Crippen LogP contribution in [0.25, 0.3) is 0 Å². The molecule has 0 saturated carbocycles. The fraction of sp³-hybridized carbons (Fsp3) is 0.400. The minimum absolute atomic E-state index is 0. The lowest BCUT2D eigenvalue weighted by Crippen LogP contribution is -3.20. The summed E-state index contributed by atoms with van der Waals surface area (Å²) in [6.45, 7) is 0.784.